The zero-order valence-electron chi connectivity index (χ0n) is 16.4. The van der Waals surface area contributed by atoms with Gasteiger partial charge in [-0.2, -0.15) is 0 Å². The molecule has 0 amide bonds. The van der Waals surface area contributed by atoms with E-state index < -0.39 is 6.29 Å². The van der Waals surface area contributed by atoms with Crippen LogP contribution in [0.5, 0.6) is 0 Å². The number of aliphatic hydroxyl groups is 1. The summed E-state index contributed by atoms with van der Waals surface area (Å²) < 4.78 is 14.5. The molecule has 1 saturated heterocycles. The van der Waals surface area contributed by atoms with Crippen LogP contribution in [0.15, 0.2) is 54.9 Å². The molecule has 30 heavy (non-hydrogen) atoms. The zero-order valence-corrected chi connectivity index (χ0v) is 17.9. The third-order valence-corrected chi connectivity index (χ3v) is 6.19. The van der Waals surface area contributed by atoms with Crippen molar-refractivity contribution in [3.8, 4) is 0 Å². The van der Waals surface area contributed by atoms with E-state index in [1.165, 1.54) is 0 Å². The Labute approximate surface area is 185 Å². The average Bonchev–Trinajstić information content (AvgIpc) is 3.07. The summed E-state index contributed by atoms with van der Waals surface area (Å²) in [6, 6.07) is 15.2. The monoisotopic (exact) mass is 447 g/mol. The van der Waals surface area contributed by atoms with Gasteiger partial charge in [0.15, 0.2) is 11.4 Å². The van der Waals surface area contributed by atoms with E-state index in [1.807, 2.05) is 48.5 Å². The molecule has 3 aromatic rings. The lowest BCUT2D eigenvalue weighted by Gasteiger charge is -2.41. The van der Waals surface area contributed by atoms with Crippen molar-refractivity contribution in [1.29, 1.82) is 0 Å². The number of aliphatic hydroxyl groups excluding tert-OH is 1. The van der Waals surface area contributed by atoms with Crippen molar-refractivity contribution < 1.29 is 14.6 Å². The number of hydrogen-bond acceptors (Lipinski definition) is 5. The molecule has 0 saturated carbocycles. The minimum Gasteiger partial charge on any atom is -0.399 e. The molecule has 3 N–H and O–H groups in total. The van der Waals surface area contributed by atoms with Crippen LogP contribution in [-0.2, 0) is 22.6 Å². The minimum absolute atomic E-state index is 0.00109. The van der Waals surface area contributed by atoms with Crippen LogP contribution in [0.1, 0.15) is 36.0 Å². The number of nitrogens with two attached hydrogens (primary N) is 1. The van der Waals surface area contributed by atoms with Crippen molar-refractivity contribution in [2.75, 3.05) is 5.73 Å². The van der Waals surface area contributed by atoms with Crippen molar-refractivity contribution in [1.82, 2.24) is 9.55 Å². The van der Waals surface area contributed by atoms with Crippen LogP contribution in [0.3, 0.4) is 0 Å². The number of halogens is 2. The second kappa shape index (κ2) is 8.96. The minimum atomic E-state index is -0.588. The first-order chi connectivity index (χ1) is 14.5. The van der Waals surface area contributed by atoms with E-state index >= 15 is 0 Å². The third kappa shape index (κ3) is 4.33. The standard InChI is InChI=1S/C22H23Cl2N3O3/c1-13-18(10-27-12-26-20(23)21(27)24)29-22(16-3-2-4-17(25)9-16)30-19(13)15-7-5-14(11-28)6-8-15/h2-9,12-13,18-19,22,28H,10-11,25H2,1H3. The molecule has 158 valence electrons. The first-order valence-corrected chi connectivity index (χ1v) is 10.4. The summed E-state index contributed by atoms with van der Waals surface area (Å²) in [5.74, 6) is 0.0135. The lowest BCUT2D eigenvalue weighted by atomic mass is 9.90. The maximum Gasteiger partial charge on any atom is 0.185 e. The van der Waals surface area contributed by atoms with Gasteiger partial charge in [-0.05, 0) is 23.3 Å². The quantitative estimate of drug-likeness (QED) is 0.551. The van der Waals surface area contributed by atoms with Crippen LogP contribution in [0.4, 0.5) is 5.69 Å². The zero-order chi connectivity index (χ0) is 21.3. The molecule has 0 aliphatic carbocycles. The van der Waals surface area contributed by atoms with E-state index in [4.69, 9.17) is 38.4 Å². The van der Waals surface area contributed by atoms with Gasteiger partial charge >= 0.3 is 0 Å². The number of nitrogens with zero attached hydrogens (tertiary/aromatic N) is 2. The molecule has 2 aromatic carbocycles. The predicted molar refractivity (Wildman–Crippen MR) is 116 cm³/mol. The number of ether oxygens (including phenoxy) is 2. The molecule has 1 aliphatic heterocycles. The topological polar surface area (TPSA) is 82.5 Å². The molecular formula is C22H23Cl2N3O3. The molecule has 1 fully saturated rings. The van der Waals surface area contributed by atoms with Crippen LogP contribution in [0.2, 0.25) is 10.3 Å². The fourth-order valence-electron chi connectivity index (χ4n) is 3.70. The van der Waals surface area contributed by atoms with Crippen LogP contribution >= 0.6 is 23.2 Å². The maximum absolute atomic E-state index is 9.35. The average molecular weight is 448 g/mol. The molecule has 4 unspecified atom stereocenters. The number of rotatable bonds is 5. The lowest BCUT2D eigenvalue weighted by molar-refractivity contribution is -0.276. The summed E-state index contributed by atoms with van der Waals surface area (Å²) in [7, 11) is 0. The summed E-state index contributed by atoms with van der Waals surface area (Å²) in [6.45, 7) is 2.56. The Bertz CT molecular complexity index is 1010. The Kier molecular flexibility index (Phi) is 6.32. The number of imidazole rings is 1. The maximum atomic E-state index is 9.35. The van der Waals surface area contributed by atoms with E-state index in [-0.39, 0.29) is 29.9 Å². The Hall–Kier alpha value is -2.09. The van der Waals surface area contributed by atoms with Gasteiger partial charge in [-0.15, -0.1) is 0 Å². The number of hydrogen-bond donors (Lipinski definition) is 2. The third-order valence-electron chi connectivity index (χ3n) is 5.42. The van der Waals surface area contributed by atoms with Crippen molar-refractivity contribution in [2.24, 2.45) is 5.92 Å². The van der Waals surface area contributed by atoms with Crippen LogP contribution in [0.25, 0.3) is 0 Å². The fourth-order valence-corrected chi connectivity index (χ4v) is 4.01. The predicted octanol–water partition coefficient (Wildman–Crippen LogP) is 4.76. The highest BCUT2D eigenvalue weighted by Crippen LogP contribution is 2.42. The van der Waals surface area contributed by atoms with Crippen molar-refractivity contribution in [3.63, 3.8) is 0 Å². The number of nitrogen functional groups attached to an aromatic ring is 1. The van der Waals surface area contributed by atoms with Gasteiger partial charge in [0.25, 0.3) is 0 Å². The molecule has 4 atom stereocenters. The first-order valence-electron chi connectivity index (χ1n) is 9.68. The van der Waals surface area contributed by atoms with Gasteiger partial charge in [-0.1, -0.05) is 66.5 Å². The molecule has 6 nitrogen and oxygen atoms in total. The van der Waals surface area contributed by atoms with E-state index in [2.05, 4.69) is 11.9 Å². The highest BCUT2D eigenvalue weighted by Gasteiger charge is 2.38. The Morgan fingerprint density at radius 3 is 2.50 bits per heavy atom. The van der Waals surface area contributed by atoms with Crippen molar-refractivity contribution in [2.45, 2.75) is 38.6 Å². The van der Waals surface area contributed by atoms with Crippen LogP contribution in [-0.4, -0.2) is 20.8 Å². The van der Waals surface area contributed by atoms with Gasteiger partial charge < -0.3 is 24.9 Å². The van der Waals surface area contributed by atoms with Gasteiger partial charge in [0, 0.05) is 17.2 Å². The number of aromatic nitrogens is 2. The summed E-state index contributed by atoms with van der Waals surface area (Å²) in [6.07, 6.45) is 0.586. The number of anilines is 1. The second-order valence-electron chi connectivity index (χ2n) is 7.47. The van der Waals surface area contributed by atoms with Gasteiger partial charge in [0.2, 0.25) is 0 Å². The van der Waals surface area contributed by atoms with Crippen molar-refractivity contribution >= 4 is 28.9 Å². The van der Waals surface area contributed by atoms with Crippen LogP contribution < -0.4 is 5.73 Å². The lowest BCUT2D eigenvalue weighted by Crippen LogP contribution is -2.39. The van der Waals surface area contributed by atoms with Gasteiger partial charge in [0.1, 0.15) is 5.15 Å². The van der Waals surface area contributed by atoms with E-state index in [1.54, 1.807) is 10.9 Å². The van der Waals surface area contributed by atoms with Gasteiger partial charge in [-0.3, -0.25) is 0 Å². The molecule has 1 aromatic heterocycles. The summed E-state index contributed by atoms with van der Waals surface area (Å²) in [4.78, 5) is 4.06. The second-order valence-corrected chi connectivity index (χ2v) is 8.19. The molecule has 8 heteroatoms. The molecule has 0 bridgehead atoms. The fraction of sp³-hybridized carbons (Fsp3) is 0.318. The molecule has 2 heterocycles. The molecular weight excluding hydrogens is 425 g/mol. The summed E-state index contributed by atoms with van der Waals surface area (Å²) >= 11 is 12.3. The highest BCUT2D eigenvalue weighted by atomic mass is 35.5. The van der Waals surface area contributed by atoms with Gasteiger partial charge in [0.05, 0.1) is 31.7 Å². The van der Waals surface area contributed by atoms with E-state index in [0.29, 0.717) is 17.4 Å². The first kappa shape index (κ1) is 21.2. The SMILES string of the molecule is CC1C(Cn2cnc(Cl)c2Cl)OC(c2cccc(N)c2)OC1c1ccc(CO)cc1. The van der Waals surface area contributed by atoms with Crippen LogP contribution in [0, 0.1) is 5.92 Å². The Balaban J connectivity index is 1.66. The van der Waals surface area contributed by atoms with Gasteiger partial charge in [-0.25, -0.2) is 4.98 Å². The van der Waals surface area contributed by atoms with Crippen molar-refractivity contribution in [3.05, 3.63) is 81.9 Å². The molecule has 0 spiro atoms. The number of benzene rings is 2. The molecule has 4 rings (SSSR count). The van der Waals surface area contributed by atoms with E-state index in [0.717, 1.165) is 16.7 Å². The van der Waals surface area contributed by atoms with E-state index in [9.17, 15) is 5.11 Å². The molecule has 0 radical (unpaired) electrons. The normalized spacial score (nSPS) is 24.1. The largest absolute Gasteiger partial charge is 0.399 e. The highest BCUT2D eigenvalue weighted by molar-refractivity contribution is 6.40. The smallest absolute Gasteiger partial charge is 0.185 e. The summed E-state index contributed by atoms with van der Waals surface area (Å²) in [5, 5.41) is 9.99. The Morgan fingerprint density at radius 1 is 1.10 bits per heavy atom. The summed E-state index contributed by atoms with van der Waals surface area (Å²) in [5.41, 5.74) is 9.32. The Morgan fingerprint density at radius 2 is 1.87 bits per heavy atom. The molecule has 1 aliphatic rings.